The molecule has 17 heavy (non-hydrogen) atoms. The molecule has 0 unspecified atom stereocenters. The number of unbranched alkanes of at least 4 members (excludes halogenated alkanes) is 3. The van der Waals surface area contributed by atoms with Gasteiger partial charge in [0.1, 0.15) is 5.82 Å². The van der Waals surface area contributed by atoms with Crippen molar-refractivity contribution in [1.29, 1.82) is 0 Å². The quantitative estimate of drug-likeness (QED) is 0.471. The van der Waals surface area contributed by atoms with Crippen LogP contribution >= 0.6 is 0 Å². The molecule has 4 heteroatoms. The summed E-state index contributed by atoms with van der Waals surface area (Å²) in [7, 11) is 0. The SMILES string of the molecule is CCCCCCOC(=O)c1ccc(N)cc1F. The summed E-state index contributed by atoms with van der Waals surface area (Å²) in [6.45, 7) is 2.44. The van der Waals surface area contributed by atoms with Crippen LogP contribution in [0.1, 0.15) is 43.0 Å². The van der Waals surface area contributed by atoms with Gasteiger partial charge in [-0.2, -0.15) is 0 Å². The molecule has 0 spiro atoms. The lowest BCUT2D eigenvalue weighted by Gasteiger charge is -2.05. The van der Waals surface area contributed by atoms with Crippen molar-refractivity contribution < 1.29 is 13.9 Å². The number of hydrogen-bond donors (Lipinski definition) is 1. The van der Waals surface area contributed by atoms with Gasteiger partial charge in [-0.15, -0.1) is 0 Å². The fourth-order valence-corrected chi connectivity index (χ4v) is 1.47. The van der Waals surface area contributed by atoms with Gasteiger partial charge in [0.25, 0.3) is 0 Å². The maximum atomic E-state index is 13.3. The highest BCUT2D eigenvalue weighted by Crippen LogP contribution is 2.13. The second kappa shape index (κ2) is 6.89. The van der Waals surface area contributed by atoms with Gasteiger partial charge in [-0.25, -0.2) is 9.18 Å². The van der Waals surface area contributed by atoms with Crippen molar-refractivity contribution >= 4 is 11.7 Å². The molecular formula is C13H18FNO2. The van der Waals surface area contributed by atoms with Crippen LogP contribution in [-0.4, -0.2) is 12.6 Å². The first-order valence-electron chi connectivity index (χ1n) is 5.87. The van der Waals surface area contributed by atoms with Crippen LogP contribution in [0.15, 0.2) is 18.2 Å². The third-order valence-corrected chi connectivity index (χ3v) is 2.44. The highest BCUT2D eigenvalue weighted by atomic mass is 19.1. The largest absolute Gasteiger partial charge is 0.462 e. The van der Waals surface area contributed by atoms with Crippen LogP contribution < -0.4 is 5.73 Å². The minimum Gasteiger partial charge on any atom is -0.462 e. The van der Waals surface area contributed by atoms with Crippen molar-refractivity contribution in [3.05, 3.63) is 29.6 Å². The summed E-state index contributed by atoms with van der Waals surface area (Å²) in [4.78, 5) is 11.5. The van der Waals surface area contributed by atoms with E-state index in [1.165, 1.54) is 12.1 Å². The van der Waals surface area contributed by atoms with E-state index >= 15 is 0 Å². The Morgan fingerprint density at radius 1 is 1.35 bits per heavy atom. The van der Waals surface area contributed by atoms with Gasteiger partial charge >= 0.3 is 5.97 Å². The molecule has 0 aliphatic heterocycles. The van der Waals surface area contributed by atoms with Crippen LogP contribution in [-0.2, 0) is 4.74 Å². The zero-order chi connectivity index (χ0) is 12.7. The molecule has 3 nitrogen and oxygen atoms in total. The Bertz CT molecular complexity index is 380. The van der Waals surface area contributed by atoms with Crippen molar-refractivity contribution in [2.45, 2.75) is 32.6 Å². The Kier molecular flexibility index (Phi) is 5.46. The molecule has 0 amide bonds. The molecule has 1 aromatic rings. The number of anilines is 1. The number of rotatable bonds is 6. The topological polar surface area (TPSA) is 52.3 Å². The van der Waals surface area contributed by atoms with Crippen LogP contribution in [0.3, 0.4) is 0 Å². The number of halogens is 1. The zero-order valence-corrected chi connectivity index (χ0v) is 10.0. The third-order valence-electron chi connectivity index (χ3n) is 2.44. The Morgan fingerprint density at radius 3 is 2.76 bits per heavy atom. The lowest BCUT2D eigenvalue weighted by molar-refractivity contribution is 0.0492. The van der Waals surface area contributed by atoms with Gasteiger partial charge in [-0.3, -0.25) is 0 Å². The van der Waals surface area contributed by atoms with Crippen LogP contribution in [0.4, 0.5) is 10.1 Å². The van der Waals surface area contributed by atoms with E-state index in [9.17, 15) is 9.18 Å². The Morgan fingerprint density at radius 2 is 2.12 bits per heavy atom. The fourth-order valence-electron chi connectivity index (χ4n) is 1.47. The molecule has 0 fully saturated rings. The van der Waals surface area contributed by atoms with E-state index in [1.807, 2.05) is 0 Å². The number of nitrogens with two attached hydrogens (primary N) is 1. The predicted octanol–water partition coefficient (Wildman–Crippen LogP) is 3.15. The van der Waals surface area contributed by atoms with Gasteiger partial charge in [-0.1, -0.05) is 26.2 Å². The minimum absolute atomic E-state index is 0.0605. The molecule has 94 valence electrons. The summed E-state index contributed by atoms with van der Waals surface area (Å²) in [5.41, 5.74) is 5.62. The average Bonchev–Trinajstić information content (AvgIpc) is 2.28. The Labute approximate surface area is 101 Å². The molecule has 0 aliphatic rings. The molecule has 1 aromatic carbocycles. The lowest BCUT2D eigenvalue weighted by atomic mass is 10.2. The number of benzene rings is 1. The number of nitrogen functional groups attached to an aromatic ring is 1. The van der Waals surface area contributed by atoms with Gasteiger partial charge in [0.2, 0.25) is 0 Å². The molecule has 1 rings (SSSR count). The number of hydrogen-bond acceptors (Lipinski definition) is 3. The summed E-state index contributed by atoms with van der Waals surface area (Å²) in [5, 5.41) is 0. The summed E-state index contributed by atoms with van der Waals surface area (Å²) in [6, 6.07) is 3.95. The van der Waals surface area contributed by atoms with Crippen LogP contribution in [0.5, 0.6) is 0 Å². The molecular weight excluding hydrogens is 221 g/mol. The highest BCUT2D eigenvalue weighted by Gasteiger charge is 2.12. The predicted molar refractivity (Wildman–Crippen MR) is 65.2 cm³/mol. The molecule has 0 aromatic heterocycles. The van der Waals surface area contributed by atoms with Crippen molar-refractivity contribution in [1.82, 2.24) is 0 Å². The molecule has 0 saturated carbocycles. The first kappa shape index (κ1) is 13.5. The maximum Gasteiger partial charge on any atom is 0.341 e. The van der Waals surface area contributed by atoms with E-state index in [1.54, 1.807) is 0 Å². The van der Waals surface area contributed by atoms with Gasteiger partial charge in [0.05, 0.1) is 12.2 Å². The van der Waals surface area contributed by atoms with E-state index in [0.29, 0.717) is 12.3 Å². The standard InChI is InChI=1S/C13H18FNO2/c1-2-3-4-5-8-17-13(16)11-7-6-10(15)9-12(11)14/h6-7,9H,2-5,8,15H2,1H3. The molecule has 0 aliphatic carbocycles. The molecule has 0 saturated heterocycles. The third kappa shape index (κ3) is 4.43. The molecule has 0 bridgehead atoms. The minimum atomic E-state index is -0.636. The van der Waals surface area contributed by atoms with Crippen LogP contribution in [0, 0.1) is 5.82 Å². The smallest absolute Gasteiger partial charge is 0.341 e. The zero-order valence-electron chi connectivity index (χ0n) is 10.0. The summed E-state index contributed by atoms with van der Waals surface area (Å²) < 4.78 is 18.3. The number of carbonyl (C=O) groups is 1. The number of carbonyl (C=O) groups excluding carboxylic acids is 1. The van der Waals surface area contributed by atoms with E-state index in [-0.39, 0.29) is 5.56 Å². The van der Waals surface area contributed by atoms with Crippen LogP contribution in [0.25, 0.3) is 0 Å². The van der Waals surface area contributed by atoms with E-state index in [4.69, 9.17) is 10.5 Å². The Balaban J connectivity index is 2.42. The first-order chi connectivity index (χ1) is 8.15. The van der Waals surface area contributed by atoms with Crippen molar-refractivity contribution in [2.75, 3.05) is 12.3 Å². The van der Waals surface area contributed by atoms with Gasteiger partial charge in [-0.05, 0) is 24.6 Å². The fraction of sp³-hybridized carbons (Fsp3) is 0.462. The number of esters is 1. The van der Waals surface area contributed by atoms with E-state index in [2.05, 4.69) is 6.92 Å². The molecule has 0 radical (unpaired) electrons. The Hall–Kier alpha value is -1.58. The average molecular weight is 239 g/mol. The van der Waals surface area contributed by atoms with E-state index < -0.39 is 11.8 Å². The lowest BCUT2D eigenvalue weighted by Crippen LogP contribution is -2.09. The molecule has 2 N–H and O–H groups in total. The second-order valence-corrected chi connectivity index (χ2v) is 3.94. The van der Waals surface area contributed by atoms with E-state index in [0.717, 1.165) is 31.7 Å². The molecule has 0 atom stereocenters. The van der Waals surface area contributed by atoms with Gasteiger partial charge < -0.3 is 10.5 Å². The second-order valence-electron chi connectivity index (χ2n) is 3.94. The van der Waals surface area contributed by atoms with Crippen molar-refractivity contribution in [3.63, 3.8) is 0 Å². The first-order valence-corrected chi connectivity index (χ1v) is 5.87. The maximum absolute atomic E-state index is 13.3. The summed E-state index contributed by atoms with van der Waals surface area (Å²) in [5.74, 6) is -1.26. The van der Waals surface area contributed by atoms with Crippen molar-refractivity contribution in [2.24, 2.45) is 0 Å². The highest BCUT2D eigenvalue weighted by molar-refractivity contribution is 5.90. The normalized spacial score (nSPS) is 10.2. The monoisotopic (exact) mass is 239 g/mol. The molecule has 0 heterocycles. The van der Waals surface area contributed by atoms with Gasteiger partial charge in [0, 0.05) is 5.69 Å². The van der Waals surface area contributed by atoms with Crippen LogP contribution in [0.2, 0.25) is 0 Å². The summed E-state index contributed by atoms with van der Waals surface area (Å²) in [6.07, 6.45) is 4.08. The summed E-state index contributed by atoms with van der Waals surface area (Å²) >= 11 is 0. The van der Waals surface area contributed by atoms with Crippen molar-refractivity contribution in [3.8, 4) is 0 Å². The number of ether oxygens (including phenoxy) is 1. The van der Waals surface area contributed by atoms with Gasteiger partial charge in [0.15, 0.2) is 0 Å².